The number of amides is 1. The van der Waals surface area contributed by atoms with Gasteiger partial charge in [0.25, 0.3) is 0 Å². The zero-order valence-electron chi connectivity index (χ0n) is 18.3. The van der Waals surface area contributed by atoms with Gasteiger partial charge in [-0.05, 0) is 54.7 Å². The van der Waals surface area contributed by atoms with Crippen LogP contribution in [-0.2, 0) is 11.3 Å². The Morgan fingerprint density at radius 1 is 1.13 bits per heavy atom. The van der Waals surface area contributed by atoms with E-state index in [1.54, 1.807) is 18.1 Å². The van der Waals surface area contributed by atoms with Gasteiger partial charge in [0.2, 0.25) is 5.91 Å². The van der Waals surface area contributed by atoms with Gasteiger partial charge in [-0.15, -0.1) is 0 Å². The number of ether oxygens (including phenoxy) is 2. The second-order valence-corrected chi connectivity index (χ2v) is 7.61. The predicted octanol–water partition coefficient (Wildman–Crippen LogP) is 4.76. The van der Waals surface area contributed by atoms with Crippen LogP contribution in [0.4, 0.5) is 5.69 Å². The van der Waals surface area contributed by atoms with Crippen LogP contribution in [-0.4, -0.2) is 44.7 Å². The number of rotatable bonds is 9. The van der Waals surface area contributed by atoms with Crippen LogP contribution in [0.2, 0.25) is 0 Å². The SMILES string of the molecule is CCCOc1ccc(/C=C/C(=O)N(C)Cc2ccccc2N2CCCC2)cc1OC. The molecule has 0 radical (unpaired) electrons. The first-order valence-corrected chi connectivity index (χ1v) is 10.7. The summed E-state index contributed by atoms with van der Waals surface area (Å²) in [6, 6.07) is 14.1. The van der Waals surface area contributed by atoms with Crippen molar-refractivity contribution in [1.29, 1.82) is 0 Å². The number of benzene rings is 2. The Kier molecular flexibility index (Phi) is 7.77. The summed E-state index contributed by atoms with van der Waals surface area (Å²) in [5.74, 6) is 1.36. The minimum absolute atomic E-state index is 0.0310. The monoisotopic (exact) mass is 408 g/mol. The number of nitrogens with zero attached hydrogens (tertiary/aromatic N) is 2. The lowest BCUT2D eigenvalue weighted by Gasteiger charge is -2.24. The Hall–Kier alpha value is -2.95. The highest BCUT2D eigenvalue weighted by molar-refractivity contribution is 5.91. The van der Waals surface area contributed by atoms with Crippen molar-refractivity contribution in [3.05, 3.63) is 59.7 Å². The molecule has 2 aromatic rings. The number of hydrogen-bond acceptors (Lipinski definition) is 4. The van der Waals surface area contributed by atoms with Crippen molar-refractivity contribution in [2.45, 2.75) is 32.7 Å². The van der Waals surface area contributed by atoms with Crippen molar-refractivity contribution in [2.24, 2.45) is 0 Å². The molecule has 5 nitrogen and oxygen atoms in total. The third kappa shape index (κ3) is 5.56. The van der Waals surface area contributed by atoms with Gasteiger partial charge in [0, 0.05) is 38.4 Å². The fourth-order valence-corrected chi connectivity index (χ4v) is 3.66. The van der Waals surface area contributed by atoms with E-state index in [0.29, 0.717) is 18.9 Å². The molecule has 1 saturated heterocycles. The average Bonchev–Trinajstić information content (AvgIpc) is 3.31. The van der Waals surface area contributed by atoms with E-state index in [1.807, 2.05) is 37.4 Å². The zero-order valence-corrected chi connectivity index (χ0v) is 18.3. The van der Waals surface area contributed by atoms with E-state index in [-0.39, 0.29) is 5.91 Å². The minimum atomic E-state index is -0.0310. The molecule has 1 heterocycles. The molecule has 160 valence electrons. The Balaban J connectivity index is 1.65. The van der Waals surface area contributed by atoms with Gasteiger partial charge < -0.3 is 19.3 Å². The van der Waals surface area contributed by atoms with Gasteiger partial charge in [0.1, 0.15) is 0 Å². The van der Waals surface area contributed by atoms with E-state index in [1.165, 1.54) is 24.1 Å². The Morgan fingerprint density at radius 2 is 1.90 bits per heavy atom. The molecular formula is C25H32N2O3. The van der Waals surface area contributed by atoms with Gasteiger partial charge in [-0.1, -0.05) is 31.2 Å². The average molecular weight is 409 g/mol. The fraction of sp³-hybridized carbons (Fsp3) is 0.400. The molecule has 0 bridgehead atoms. The standard InChI is InChI=1S/C25H32N2O3/c1-4-17-30-23-13-11-20(18-24(23)29-3)12-14-25(28)26(2)19-21-9-5-6-10-22(21)27-15-7-8-16-27/h5-6,9-14,18H,4,7-8,15-17,19H2,1-3H3/b14-12+. The third-order valence-electron chi connectivity index (χ3n) is 5.29. The topological polar surface area (TPSA) is 42.0 Å². The Labute approximate surface area is 179 Å². The Morgan fingerprint density at radius 3 is 2.63 bits per heavy atom. The molecule has 0 spiro atoms. The second kappa shape index (κ2) is 10.7. The molecular weight excluding hydrogens is 376 g/mol. The molecule has 0 saturated carbocycles. The molecule has 0 atom stereocenters. The molecule has 2 aromatic carbocycles. The maximum atomic E-state index is 12.7. The molecule has 1 aliphatic heterocycles. The van der Waals surface area contributed by atoms with Gasteiger partial charge >= 0.3 is 0 Å². The molecule has 0 N–H and O–H groups in total. The molecule has 3 rings (SSSR count). The first-order chi connectivity index (χ1) is 14.6. The number of methoxy groups -OCH3 is 1. The molecule has 1 aliphatic rings. The molecule has 5 heteroatoms. The normalized spacial score (nSPS) is 13.6. The zero-order chi connectivity index (χ0) is 21.3. The van der Waals surface area contributed by atoms with Crippen LogP contribution in [0, 0.1) is 0 Å². The molecule has 1 fully saturated rings. The number of hydrogen-bond donors (Lipinski definition) is 0. The van der Waals surface area contributed by atoms with Crippen molar-refractivity contribution in [3.8, 4) is 11.5 Å². The number of carbonyl (C=O) groups excluding carboxylic acids is 1. The lowest BCUT2D eigenvalue weighted by molar-refractivity contribution is -0.125. The number of para-hydroxylation sites is 1. The fourth-order valence-electron chi connectivity index (χ4n) is 3.66. The number of carbonyl (C=O) groups is 1. The van der Waals surface area contributed by atoms with Gasteiger partial charge in [-0.25, -0.2) is 0 Å². The van der Waals surface area contributed by atoms with E-state index < -0.39 is 0 Å². The van der Waals surface area contributed by atoms with Crippen molar-refractivity contribution >= 4 is 17.7 Å². The smallest absolute Gasteiger partial charge is 0.246 e. The summed E-state index contributed by atoms with van der Waals surface area (Å²) in [6.07, 6.45) is 6.83. The largest absolute Gasteiger partial charge is 0.493 e. The van der Waals surface area contributed by atoms with E-state index >= 15 is 0 Å². The van der Waals surface area contributed by atoms with Crippen LogP contribution in [0.1, 0.15) is 37.3 Å². The Bertz CT molecular complexity index is 872. The first-order valence-electron chi connectivity index (χ1n) is 10.7. The maximum absolute atomic E-state index is 12.7. The molecule has 0 aromatic heterocycles. The molecule has 0 unspecified atom stereocenters. The van der Waals surface area contributed by atoms with Crippen molar-refractivity contribution in [3.63, 3.8) is 0 Å². The van der Waals surface area contributed by atoms with Crippen LogP contribution >= 0.6 is 0 Å². The summed E-state index contributed by atoms with van der Waals surface area (Å²) in [5.41, 5.74) is 3.32. The molecule has 0 aliphatic carbocycles. The van der Waals surface area contributed by atoms with Crippen LogP contribution in [0.25, 0.3) is 6.08 Å². The summed E-state index contributed by atoms with van der Waals surface area (Å²) in [4.78, 5) is 16.9. The van der Waals surface area contributed by atoms with Crippen LogP contribution in [0.3, 0.4) is 0 Å². The van der Waals surface area contributed by atoms with Crippen LogP contribution < -0.4 is 14.4 Å². The summed E-state index contributed by atoms with van der Waals surface area (Å²) in [5, 5.41) is 0. The van der Waals surface area contributed by atoms with Crippen molar-refractivity contribution < 1.29 is 14.3 Å². The molecule has 30 heavy (non-hydrogen) atoms. The van der Waals surface area contributed by atoms with Crippen molar-refractivity contribution in [2.75, 3.05) is 38.8 Å². The number of anilines is 1. The maximum Gasteiger partial charge on any atom is 0.246 e. The van der Waals surface area contributed by atoms with Crippen LogP contribution in [0.5, 0.6) is 11.5 Å². The lowest BCUT2D eigenvalue weighted by atomic mass is 10.1. The summed E-state index contributed by atoms with van der Waals surface area (Å²) in [6.45, 7) is 5.48. The minimum Gasteiger partial charge on any atom is -0.493 e. The van der Waals surface area contributed by atoms with E-state index in [4.69, 9.17) is 9.47 Å². The lowest BCUT2D eigenvalue weighted by Crippen LogP contribution is -2.26. The predicted molar refractivity (Wildman–Crippen MR) is 122 cm³/mol. The highest BCUT2D eigenvalue weighted by Gasteiger charge is 2.17. The third-order valence-corrected chi connectivity index (χ3v) is 5.29. The van der Waals surface area contributed by atoms with E-state index in [2.05, 4.69) is 30.0 Å². The van der Waals surface area contributed by atoms with Gasteiger partial charge in [0.05, 0.1) is 13.7 Å². The van der Waals surface area contributed by atoms with Gasteiger partial charge in [-0.3, -0.25) is 4.79 Å². The highest BCUT2D eigenvalue weighted by atomic mass is 16.5. The molecule has 1 amide bonds. The van der Waals surface area contributed by atoms with Gasteiger partial charge in [-0.2, -0.15) is 0 Å². The number of likely N-dealkylation sites (N-methyl/N-ethyl adjacent to an activating group) is 1. The van der Waals surface area contributed by atoms with E-state index in [0.717, 1.165) is 30.8 Å². The van der Waals surface area contributed by atoms with Gasteiger partial charge in [0.15, 0.2) is 11.5 Å². The summed E-state index contributed by atoms with van der Waals surface area (Å²) >= 11 is 0. The second-order valence-electron chi connectivity index (χ2n) is 7.61. The summed E-state index contributed by atoms with van der Waals surface area (Å²) < 4.78 is 11.1. The van der Waals surface area contributed by atoms with Crippen LogP contribution in [0.15, 0.2) is 48.5 Å². The van der Waals surface area contributed by atoms with E-state index in [9.17, 15) is 4.79 Å². The quantitative estimate of drug-likeness (QED) is 0.561. The highest BCUT2D eigenvalue weighted by Crippen LogP contribution is 2.29. The summed E-state index contributed by atoms with van der Waals surface area (Å²) in [7, 11) is 3.47. The first kappa shape index (κ1) is 21.8. The van der Waals surface area contributed by atoms with Crippen molar-refractivity contribution in [1.82, 2.24) is 4.90 Å².